The second-order valence-corrected chi connectivity index (χ2v) is 3.70. The van der Waals surface area contributed by atoms with Gasteiger partial charge in [-0.2, -0.15) is 0 Å². The van der Waals surface area contributed by atoms with E-state index >= 15 is 0 Å². The zero-order valence-corrected chi connectivity index (χ0v) is 10.1. The molecule has 0 aliphatic heterocycles. The van der Waals surface area contributed by atoms with E-state index in [4.69, 9.17) is 16.3 Å². The Labute approximate surface area is 99.4 Å². The van der Waals surface area contributed by atoms with Crippen LogP contribution in [0.1, 0.15) is 16.9 Å². The molecule has 0 unspecified atom stereocenters. The lowest BCUT2D eigenvalue weighted by Gasteiger charge is -2.15. The Morgan fingerprint density at radius 1 is 1.50 bits per heavy atom. The second kappa shape index (κ2) is 6.40. The number of carbonyl (C=O) groups excluding carboxylic acids is 1. The van der Waals surface area contributed by atoms with Crippen molar-refractivity contribution in [3.8, 4) is 0 Å². The van der Waals surface area contributed by atoms with Crippen LogP contribution < -0.4 is 0 Å². The fraction of sp³-hybridized carbons (Fsp3) is 0.500. The van der Waals surface area contributed by atoms with Crippen LogP contribution in [0.3, 0.4) is 0 Å². The van der Waals surface area contributed by atoms with Crippen molar-refractivity contribution in [2.24, 2.45) is 0 Å². The third-order valence-electron chi connectivity index (χ3n) is 2.04. The van der Waals surface area contributed by atoms with Crippen LogP contribution in [0, 0.1) is 0 Å². The second-order valence-electron chi connectivity index (χ2n) is 3.31. The van der Waals surface area contributed by atoms with E-state index < -0.39 is 0 Å². The Morgan fingerprint density at radius 3 is 2.81 bits per heavy atom. The van der Waals surface area contributed by atoms with Gasteiger partial charge in [-0.15, -0.1) is 10.2 Å². The number of hydrogen-bond acceptors (Lipinski definition) is 4. The first kappa shape index (κ1) is 12.9. The summed E-state index contributed by atoms with van der Waals surface area (Å²) in [5.41, 5.74) is 0.296. The molecule has 1 amide bonds. The van der Waals surface area contributed by atoms with Crippen LogP contribution in [-0.2, 0) is 4.74 Å². The van der Waals surface area contributed by atoms with E-state index in [0.29, 0.717) is 18.8 Å². The standard InChI is InChI=1S/C10H14ClN3O2/c1-14(6-3-7-16-2)10(15)8-4-5-9(11)13-12-8/h4-5H,3,6-7H2,1-2H3. The first-order valence-corrected chi connectivity index (χ1v) is 5.26. The number of halogens is 1. The molecule has 0 aliphatic carbocycles. The normalized spacial score (nSPS) is 10.2. The molecule has 5 nitrogen and oxygen atoms in total. The van der Waals surface area contributed by atoms with E-state index in [1.807, 2.05) is 0 Å². The zero-order chi connectivity index (χ0) is 12.0. The average molecular weight is 244 g/mol. The maximum absolute atomic E-state index is 11.8. The van der Waals surface area contributed by atoms with Crippen LogP contribution in [0.5, 0.6) is 0 Å². The molecule has 1 aromatic heterocycles. The van der Waals surface area contributed by atoms with Crippen molar-refractivity contribution in [3.63, 3.8) is 0 Å². The van der Waals surface area contributed by atoms with E-state index in [-0.39, 0.29) is 11.1 Å². The number of carbonyl (C=O) groups is 1. The van der Waals surface area contributed by atoms with Gasteiger partial charge in [0, 0.05) is 27.3 Å². The molecule has 0 saturated heterocycles. The SMILES string of the molecule is COCCCN(C)C(=O)c1ccc(Cl)nn1. The fourth-order valence-electron chi connectivity index (χ4n) is 1.17. The van der Waals surface area contributed by atoms with Gasteiger partial charge in [-0.3, -0.25) is 4.79 Å². The summed E-state index contributed by atoms with van der Waals surface area (Å²) >= 11 is 5.58. The summed E-state index contributed by atoms with van der Waals surface area (Å²) in [5.74, 6) is -0.166. The number of aromatic nitrogens is 2. The Kier molecular flexibility index (Phi) is 5.14. The number of ether oxygens (including phenoxy) is 1. The van der Waals surface area contributed by atoms with Crippen LogP contribution in [0.4, 0.5) is 0 Å². The Morgan fingerprint density at radius 2 is 2.25 bits per heavy atom. The van der Waals surface area contributed by atoms with Crippen LogP contribution >= 0.6 is 11.6 Å². The highest BCUT2D eigenvalue weighted by molar-refractivity contribution is 6.29. The molecule has 0 bridgehead atoms. The lowest BCUT2D eigenvalue weighted by molar-refractivity contribution is 0.0772. The molecule has 0 N–H and O–H groups in total. The molecule has 1 aromatic rings. The summed E-state index contributed by atoms with van der Waals surface area (Å²) in [4.78, 5) is 13.4. The Hall–Kier alpha value is -1.20. The predicted octanol–water partition coefficient (Wildman–Crippen LogP) is 1.24. The van der Waals surface area contributed by atoms with E-state index in [1.54, 1.807) is 31.2 Å². The fourth-order valence-corrected chi connectivity index (χ4v) is 1.27. The highest BCUT2D eigenvalue weighted by Crippen LogP contribution is 2.04. The van der Waals surface area contributed by atoms with Crippen molar-refractivity contribution in [2.75, 3.05) is 27.3 Å². The third kappa shape index (κ3) is 3.75. The maximum Gasteiger partial charge on any atom is 0.274 e. The van der Waals surface area contributed by atoms with Crippen LogP contribution in [-0.4, -0.2) is 48.3 Å². The molecule has 0 aliphatic rings. The molecule has 1 heterocycles. The summed E-state index contributed by atoms with van der Waals surface area (Å²) in [6, 6.07) is 3.11. The summed E-state index contributed by atoms with van der Waals surface area (Å²) < 4.78 is 4.91. The monoisotopic (exact) mass is 243 g/mol. The van der Waals surface area contributed by atoms with Gasteiger partial charge >= 0.3 is 0 Å². The Balaban J connectivity index is 2.53. The summed E-state index contributed by atoms with van der Waals surface area (Å²) in [6.45, 7) is 1.25. The van der Waals surface area contributed by atoms with Gasteiger partial charge in [0.15, 0.2) is 10.8 Å². The minimum Gasteiger partial charge on any atom is -0.385 e. The van der Waals surface area contributed by atoms with E-state index in [2.05, 4.69) is 10.2 Å². The summed E-state index contributed by atoms with van der Waals surface area (Å²) in [6.07, 6.45) is 0.791. The van der Waals surface area contributed by atoms with Crippen molar-refractivity contribution in [1.82, 2.24) is 15.1 Å². The molecular weight excluding hydrogens is 230 g/mol. The van der Waals surface area contributed by atoms with Gasteiger partial charge < -0.3 is 9.64 Å². The molecule has 16 heavy (non-hydrogen) atoms. The highest BCUT2D eigenvalue weighted by Gasteiger charge is 2.12. The lowest BCUT2D eigenvalue weighted by Crippen LogP contribution is -2.29. The smallest absolute Gasteiger partial charge is 0.274 e. The number of amides is 1. The van der Waals surface area contributed by atoms with Gasteiger partial charge in [0.1, 0.15) is 0 Å². The van der Waals surface area contributed by atoms with Crippen molar-refractivity contribution in [3.05, 3.63) is 23.0 Å². The van der Waals surface area contributed by atoms with Gasteiger partial charge in [-0.05, 0) is 18.6 Å². The van der Waals surface area contributed by atoms with Gasteiger partial charge in [0.2, 0.25) is 0 Å². The molecule has 0 fully saturated rings. The van der Waals surface area contributed by atoms with Gasteiger partial charge in [-0.25, -0.2) is 0 Å². The van der Waals surface area contributed by atoms with Crippen LogP contribution in [0.15, 0.2) is 12.1 Å². The molecular formula is C10H14ClN3O2. The maximum atomic E-state index is 11.8. The zero-order valence-electron chi connectivity index (χ0n) is 9.31. The van der Waals surface area contributed by atoms with E-state index in [1.165, 1.54) is 0 Å². The number of nitrogens with zero attached hydrogens (tertiary/aromatic N) is 3. The van der Waals surface area contributed by atoms with Gasteiger partial charge in [0.05, 0.1) is 0 Å². The minimum absolute atomic E-state index is 0.166. The first-order valence-electron chi connectivity index (χ1n) is 4.88. The molecule has 6 heteroatoms. The average Bonchev–Trinajstić information content (AvgIpc) is 2.29. The quantitative estimate of drug-likeness (QED) is 0.730. The lowest BCUT2D eigenvalue weighted by atomic mass is 10.3. The molecule has 0 aromatic carbocycles. The summed E-state index contributed by atoms with van der Waals surface area (Å²) in [5, 5.41) is 7.62. The van der Waals surface area contributed by atoms with Crippen molar-refractivity contribution >= 4 is 17.5 Å². The molecule has 0 radical (unpaired) electrons. The molecule has 88 valence electrons. The van der Waals surface area contributed by atoms with Crippen molar-refractivity contribution < 1.29 is 9.53 Å². The van der Waals surface area contributed by atoms with Crippen molar-refractivity contribution in [2.45, 2.75) is 6.42 Å². The highest BCUT2D eigenvalue weighted by atomic mass is 35.5. The van der Waals surface area contributed by atoms with E-state index in [9.17, 15) is 4.79 Å². The van der Waals surface area contributed by atoms with E-state index in [0.717, 1.165) is 6.42 Å². The third-order valence-corrected chi connectivity index (χ3v) is 2.24. The Bertz CT molecular complexity index is 342. The predicted molar refractivity (Wildman–Crippen MR) is 60.5 cm³/mol. The molecule has 0 saturated carbocycles. The largest absolute Gasteiger partial charge is 0.385 e. The number of hydrogen-bond donors (Lipinski definition) is 0. The number of methoxy groups -OCH3 is 1. The topological polar surface area (TPSA) is 55.3 Å². The molecule has 0 atom stereocenters. The summed E-state index contributed by atoms with van der Waals surface area (Å²) in [7, 11) is 3.35. The van der Waals surface area contributed by atoms with Crippen LogP contribution in [0.25, 0.3) is 0 Å². The molecule has 1 rings (SSSR count). The van der Waals surface area contributed by atoms with Gasteiger partial charge in [0.25, 0.3) is 5.91 Å². The van der Waals surface area contributed by atoms with Gasteiger partial charge in [-0.1, -0.05) is 11.6 Å². The van der Waals surface area contributed by atoms with Crippen LogP contribution in [0.2, 0.25) is 5.15 Å². The van der Waals surface area contributed by atoms with Crippen molar-refractivity contribution in [1.29, 1.82) is 0 Å². The minimum atomic E-state index is -0.166. The first-order chi connectivity index (χ1) is 7.65. The molecule has 0 spiro atoms. The number of rotatable bonds is 5.